The van der Waals surface area contributed by atoms with Crippen molar-refractivity contribution in [2.24, 2.45) is 0 Å². The average Bonchev–Trinajstić information content (AvgIpc) is 3.18. The van der Waals surface area contributed by atoms with Gasteiger partial charge in [0.15, 0.2) is 5.82 Å². The van der Waals surface area contributed by atoms with Crippen LogP contribution in [-0.4, -0.2) is 61.7 Å². The van der Waals surface area contributed by atoms with Gasteiger partial charge in [-0.1, -0.05) is 6.92 Å². The Morgan fingerprint density at radius 3 is 2.77 bits per heavy atom. The molecular weight excluding hydrogens is 390 g/mol. The number of nitrogens with zero attached hydrogens (tertiary/aromatic N) is 6. The van der Waals surface area contributed by atoms with Gasteiger partial charge < -0.3 is 9.88 Å². The van der Waals surface area contributed by atoms with Crippen molar-refractivity contribution in [3.05, 3.63) is 52.2 Å². The summed E-state index contributed by atoms with van der Waals surface area (Å²) in [5.41, 5.74) is 4.91. The Kier molecular flexibility index (Phi) is 4.74. The van der Waals surface area contributed by atoms with Gasteiger partial charge in [-0.2, -0.15) is 5.10 Å². The van der Waals surface area contributed by atoms with Gasteiger partial charge in [-0.25, -0.2) is 9.50 Å². The van der Waals surface area contributed by atoms with Crippen LogP contribution in [0.15, 0.2) is 35.3 Å². The Balaban J connectivity index is 1.53. The van der Waals surface area contributed by atoms with Crippen LogP contribution in [0.25, 0.3) is 27.9 Å². The van der Waals surface area contributed by atoms with E-state index in [0.717, 1.165) is 48.8 Å². The molecule has 0 spiro atoms. The Morgan fingerprint density at radius 1 is 1.16 bits per heavy atom. The van der Waals surface area contributed by atoms with E-state index in [9.17, 15) is 4.79 Å². The van der Waals surface area contributed by atoms with Crippen molar-refractivity contribution < 1.29 is 0 Å². The van der Waals surface area contributed by atoms with Gasteiger partial charge in [-0.05, 0) is 51.6 Å². The van der Waals surface area contributed by atoms with Crippen LogP contribution < -0.4 is 10.5 Å². The van der Waals surface area contributed by atoms with Gasteiger partial charge in [0.05, 0.1) is 34.0 Å². The summed E-state index contributed by atoms with van der Waals surface area (Å²) in [6, 6.07) is 8.28. The number of H-pyrrole nitrogens is 1. The van der Waals surface area contributed by atoms with Gasteiger partial charge in [-0.3, -0.25) is 14.7 Å². The number of likely N-dealkylation sites (N-methyl/N-ethyl adjacent to an activating group) is 1. The second kappa shape index (κ2) is 7.46. The molecule has 1 aliphatic rings. The Bertz CT molecular complexity index is 1340. The first kappa shape index (κ1) is 19.7. The number of aryl methyl sites for hydroxylation is 2. The van der Waals surface area contributed by atoms with Crippen molar-refractivity contribution >= 4 is 22.1 Å². The molecule has 8 nitrogen and oxygen atoms in total. The molecule has 0 unspecified atom stereocenters. The maximum absolute atomic E-state index is 13.0. The van der Waals surface area contributed by atoms with E-state index in [4.69, 9.17) is 4.98 Å². The highest BCUT2D eigenvalue weighted by molar-refractivity contribution is 5.83. The predicted octanol–water partition coefficient (Wildman–Crippen LogP) is 2.78. The molecule has 4 aromatic rings. The zero-order valence-corrected chi connectivity index (χ0v) is 18.4. The van der Waals surface area contributed by atoms with Crippen LogP contribution in [0.3, 0.4) is 0 Å². The third-order valence-corrected chi connectivity index (χ3v) is 6.18. The van der Waals surface area contributed by atoms with Crippen LogP contribution in [0.5, 0.6) is 0 Å². The van der Waals surface area contributed by atoms with Gasteiger partial charge >= 0.3 is 0 Å². The molecule has 0 radical (unpaired) electrons. The van der Waals surface area contributed by atoms with Gasteiger partial charge in [-0.15, -0.1) is 0 Å². The lowest BCUT2D eigenvalue weighted by Crippen LogP contribution is -2.51. The van der Waals surface area contributed by atoms with Crippen LogP contribution >= 0.6 is 0 Å². The Hall–Kier alpha value is -3.26. The largest absolute Gasteiger partial charge is 0.366 e. The normalized spacial score (nSPS) is 17.7. The Morgan fingerprint density at radius 2 is 2.00 bits per heavy atom. The third kappa shape index (κ3) is 3.46. The van der Waals surface area contributed by atoms with Gasteiger partial charge in [0, 0.05) is 31.4 Å². The van der Waals surface area contributed by atoms with Crippen LogP contribution in [-0.2, 0) is 0 Å². The SMILES string of the molecule is CCN1CCN(c2ccc3nc(-c4cc5c(C)nc(C)cn5n4)[nH]c(=O)c3c2)[C@H](C)C1. The fourth-order valence-electron chi connectivity index (χ4n) is 4.54. The minimum absolute atomic E-state index is 0.148. The average molecular weight is 418 g/mol. The lowest BCUT2D eigenvalue weighted by molar-refractivity contribution is 0.240. The highest BCUT2D eigenvalue weighted by Gasteiger charge is 2.23. The quantitative estimate of drug-likeness (QED) is 0.552. The van der Waals surface area contributed by atoms with Crippen molar-refractivity contribution in [1.29, 1.82) is 0 Å². The number of benzene rings is 1. The molecule has 31 heavy (non-hydrogen) atoms. The van der Waals surface area contributed by atoms with Gasteiger partial charge in [0.1, 0.15) is 5.69 Å². The number of rotatable bonds is 3. The molecule has 4 heterocycles. The van der Waals surface area contributed by atoms with E-state index >= 15 is 0 Å². The number of anilines is 1. The molecule has 1 atom stereocenters. The van der Waals surface area contributed by atoms with Crippen molar-refractivity contribution in [2.75, 3.05) is 31.1 Å². The monoisotopic (exact) mass is 417 g/mol. The smallest absolute Gasteiger partial charge is 0.259 e. The van der Waals surface area contributed by atoms with Crippen LogP contribution in [0, 0.1) is 13.8 Å². The highest BCUT2D eigenvalue weighted by Crippen LogP contribution is 2.25. The lowest BCUT2D eigenvalue weighted by atomic mass is 10.1. The van der Waals surface area contributed by atoms with Gasteiger partial charge in [0.2, 0.25) is 0 Å². The molecule has 1 aliphatic heterocycles. The molecule has 160 valence electrons. The molecule has 0 bridgehead atoms. The molecule has 1 saturated heterocycles. The van der Waals surface area contributed by atoms with E-state index < -0.39 is 0 Å². The molecule has 0 saturated carbocycles. The molecule has 1 fully saturated rings. The first-order valence-corrected chi connectivity index (χ1v) is 10.8. The summed E-state index contributed by atoms with van der Waals surface area (Å²) < 4.78 is 1.79. The Labute approximate surface area is 180 Å². The number of hydrogen-bond donors (Lipinski definition) is 1. The molecule has 0 aliphatic carbocycles. The summed E-state index contributed by atoms with van der Waals surface area (Å²) >= 11 is 0. The number of aromatic amines is 1. The van der Waals surface area contributed by atoms with Crippen molar-refractivity contribution in [2.45, 2.75) is 33.7 Å². The lowest BCUT2D eigenvalue weighted by Gasteiger charge is -2.41. The van der Waals surface area contributed by atoms with E-state index in [-0.39, 0.29) is 5.56 Å². The second-order valence-electron chi connectivity index (χ2n) is 8.38. The molecule has 0 amide bonds. The molecule has 1 N–H and O–H groups in total. The van der Waals surface area contributed by atoms with E-state index in [1.165, 1.54) is 0 Å². The molecular formula is C23H27N7O. The van der Waals surface area contributed by atoms with Crippen molar-refractivity contribution in [1.82, 2.24) is 29.5 Å². The van der Waals surface area contributed by atoms with E-state index in [1.54, 1.807) is 4.52 Å². The standard InChI is InChI=1S/C23H27N7O/c1-5-28-8-9-29(15(3)13-28)17-6-7-19-18(10-17)23(31)26-22(25-19)20-11-21-16(4)24-14(2)12-30(21)27-20/h6-7,10-12,15H,5,8-9,13H2,1-4H3,(H,25,26,31)/t15-/m1/s1. The van der Waals surface area contributed by atoms with Crippen LogP contribution in [0.1, 0.15) is 25.2 Å². The maximum atomic E-state index is 13.0. The minimum atomic E-state index is -0.148. The fraction of sp³-hybridized carbons (Fsp3) is 0.391. The number of aromatic nitrogens is 5. The first-order chi connectivity index (χ1) is 14.9. The van der Waals surface area contributed by atoms with E-state index in [2.05, 4.69) is 44.8 Å². The predicted molar refractivity (Wildman–Crippen MR) is 123 cm³/mol. The number of nitrogens with one attached hydrogen (secondary N) is 1. The zero-order chi connectivity index (χ0) is 21.7. The molecule has 3 aromatic heterocycles. The fourth-order valence-corrected chi connectivity index (χ4v) is 4.54. The molecule has 8 heteroatoms. The summed E-state index contributed by atoms with van der Waals surface area (Å²) in [5.74, 6) is 0.468. The zero-order valence-electron chi connectivity index (χ0n) is 18.4. The summed E-state index contributed by atoms with van der Waals surface area (Å²) in [6.07, 6.45) is 1.87. The first-order valence-electron chi connectivity index (χ1n) is 10.8. The van der Waals surface area contributed by atoms with Crippen LogP contribution in [0.4, 0.5) is 5.69 Å². The second-order valence-corrected chi connectivity index (χ2v) is 8.38. The molecule has 5 rings (SSSR count). The summed E-state index contributed by atoms with van der Waals surface area (Å²) in [5, 5.41) is 5.20. The summed E-state index contributed by atoms with van der Waals surface area (Å²) in [4.78, 5) is 29.9. The van der Waals surface area contributed by atoms with Gasteiger partial charge in [0.25, 0.3) is 5.56 Å². The highest BCUT2D eigenvalue weighted by atomic mass is 16.1. The summed E-state index contributed by atoms with van der Waals surface area (Å²) in [6.45, 7) is 12.4. The van der Waals surface area contributed by atoms with Crippen molar-refractivity contribution in [3.8, 4) is 11.5 Å². The number of fused-ring (bicyclic) bond motifs is 2. The number of hydrogen-bond acceptors (Lipinski definition) is 6. The van der Waals surface area contributed by atoms with E-state index in [1.807, 2.05) is 38.2 Å². The van der Waals surface area contributed by atoms with Crippen LogP contribution in [0.2, 0.25) is 0 Å². The third-order valence-electron chi connectivity index (χ3n) is 6.18. The van der Waals surface area contributed by atoms with Crippen molar-refractivity contribution in [3.63, 3.8) is 0 Å². The maximum Gasteiger partial charge on any atom is 0.259 e. The number of piperazine rings is 1. The van der Waals surface area contributed by atoms with E-state index in [0.29, 0.717) is 28.5 Å². The minimum Gasteiger partial charge on any atom is -0.366 e. The molecule has 1 aromatic carbocycles. The topological polar surface area (TPSA) is 82.4 Å². The summed E-state index contributed by atoms with van der Waals surface area (Å²) in [7, 11) is 0.